The molecule has 4 nitrogen and oxygen atoms in total. The predicted molar refractivity (Wildman–Crippen MR) is 74.5 cm³/mol. The van der Waals surface area contributed by atoms with Gasteiger partial charge in [-0.15, -0.1) is 0 Å². The summed E-state index contributed by atoms with van der Waals surface area (Å²) in [6, 6.07) is 0.760. The summed E-state index contributed by atoms with van der Waals surface area (Å²) in [7, 11) is 0. The van der Waals surface area contributed by atoms with Gasteiger partial charge >= 0.3 is 0 Å². The average Bonchev–Trinajstić information content (AvgIpc) is 2.36. The SMILES string of the molecule is CCCCOCC(O)CNC1CCC(C)C(N)C1. The van der Waals surface area contributed by atoms with E-state index in [4.69, 9.17) is 10.5 Å². The molecule has 0 amide bonds. The number of ether oxygens (including phenoxy) is 1. The van der Waals surface area contributed by atoms with Crippen molar-refractivity contribution in [2.45, 2.75) is 64.1 Å². The van der Waals surface area contributed by atoms with Crippen LogP contribution in [0.15, 0.2) is 0 Å². The maximum atomic E-state index is 9.78. The quantitative estimate of drug-likeness (QED) is 0.574. The van der Waals surface area contributed by atoms with E-state index in [9.17, 15) is 5.11 Å². The molecule has 0 heterocycles. The fourth-order valence-corrected chi connectivity index (χ4v) is 2.37. The highest BCUT2D eigenvalue weighted by molar-refractivity contribution is 4.84. The van der Waals surface area contributed by atoms with Crippen LogP contribution in [-0.4, -0.2) is 43.1 Å². The van der Waals surface area contributed by atoms with Crippen LogP contribution in [0.5, 0.6) is 0 Å². The van der Waals surface area contributed by atoms with Crippen LogP contribution >= 0.6 is 0 Å². The number of aliphatic hydroxyl groups excluding tert-OH is 1. The number of nitrogens with two attached hydrogens (primary N) is 1. The molecule has 1 fully saturated rings. The van der Waals surface area contributed by atoms with E-state index in [2.05, 4.69) is 19.2 Å². The molecule has 4 unspecified atom stereocenters. The molecule has 1 aliphatic carbocycles. The maximum absolute atomic E-state index is 9.78. The summed E-state index contributed by atoms with van der Waals surface area (Å²) in [4.78, 5) is 0. The Bertz CT molecular complexity index is 214. The van der Waals surface area contributed by atoms with Crippen LogP contribution in [0, 0.1) is 5.92 Å². The Hall–Kier alpha value is -0.160. The fourth-order valence-electron chi connectivity index (χ4n) is 2.37. The maximum Gasteiger partial charge on any atom is 0.0897 e. The molecule has 0 spiro atoms. The second-order valence-electron chi connectivity index (χ2n) is 5.64. The van der Waals surface area contributed by atoms with E-state index in [1.54, 1.807) is 0 Å². The van der Waals surface area contributed by atoms with Gasteiger partial charge in [0, 0.05) is 25.2 Å². The number of aliphatic hydroxyl groups is 1. The first-order valence-electron chi connectivity index (χ1n) is 7.38. The highest BCUT2D eigenvalue weighted by atomic mass is 16.5. The Balaban J connectivity index is 2.05. The minimum absolute atomic E-state index is 0.300. The van der Waals surface area contributed by atoms with Crippen LogP contribution in [0.2, 0.25) is 0 Å². The lowest BCUT2D eigenvalue weighted by molar-refractivity contribution is 0.0334. The van der Waals surface area contributed by atoms with Crippen LogP contribution in [0.4, 0.5) is 0 Å². The van der Waals surface area contributed by atoms with Crippen molar-refractivity contribution in [3.05, 3.63) is 0 Å². The minimum Gasteiger partial charge on any atom is -0.389 e. The molecule has 0 bridgehead atoms. The molecule has 0 saturated heterocycles. The Morgan fingerprint density at radius 1 is 1.44 bits per heavy atom. The number of rotatable bonds is 8. The first-order chi connectivity index (χ1) is 8.63. The summed E-state index contributed by atoms with van der Waals surface area (Å²) in [5.41, 5.74) is 6.06. The van der Waals surface area contributed by atoms with E-state index in [1.165, 1.54) is 6.42 Å². The third-order valence-corrected chi connectivity index (χ3v) is 3.85. The topological polar surface area (TPSA) is 67.5 Å². The second-order valence-corrected chi connectivity index (χ2v) is 5.64. The molecule has 1 aliphatic rings. The summed E-state index contributed by atoms with van der Waals surface area (Å²) in [5.74, 6) is 0.630. The van der Waals surface area contributed by atoms with Crippen molar-refractivity contribution in [1.82, 2.24) is 5.32 Å². The predicted octanol–water partition coefficient (Wildman–Crippen LogP) is 1.27. The largest absolute Gasteiger partial charge is 0.389 e. The van der Waals surface area contributed by atoms with Gasteiger partial charge in [0.05, 0.1) is 12.7 Å². The number of hydrogen-bond acceptors (Lipinski definition) is 4. The van der Waals surface area contributed by atoms with Gasteiger partial charge in [-0.25, -0.2) is 0 Å². The van der Waals surface area contributed by atoms with Crippen molar-refractivity contribution in [1.29, 1.82) is 0 Å². The van der Waals surface area contributed by atoms with Gasteiger partial charge in [0.15, 0.2) is 0 Å². The van der Waals surface area contributed by atoms with Crippen molar-refractivity contribution < 1.29 is 9.84 Å². The molecule has 108 valence electrons. The molecule has 4 atom stereocenters. The van der Waals surface area contributed by atoms with Gasteiger partial charge in [-0.05, 0) is 31.6 Å². The summed E-state index contributed by atoms with van der Waals surface area (Å²) in [5, 5.41) is 13.2. The normalized spacial score (nSPS) is 30.3. The second kappa shape index (κ2) is 8.86. The Morgan fingerprint density at radius 2 is 2.22 bits per heavy atom. The zero-order valence-electron chi connectivity index (χ0n) is 11.9. The highest BCUT2D eigenvalue weighted by Crippen LogP contribution is 2.22. The van der Waals surface area contributed by atoms with Gasteiger partial charge in [0.2, 0.25) is 0 Å². The molecule has 1 rings (SSSR count). The first-order valence-corrected chi connectivity index (χ1v) is 7.38. The Labute approximate surface area is 111 Å². The van der Waals surface area contributed by atoms with E-state index in [0.29, 0.717) is 31.2 Å². The van der Waals surface area contributed by atoms with E-state index in [-0.39, 0.29) is 0 Å². The van der Waals surface area contributed by atoms with Gasteiger partial charge in [-0.2, -0.15) is 0 Å². The van der Waals surface area contributed by atoms with Crippen molar-refractivity contribution in [2.75, 3.05) is 19.8 Å². The van der Waals surface area contributed by atoms with Gasteiger partial charge in [0.25, 0.3) is 0 Å². The van der Waals surface area contributed by atoms with Gasteiger partial charge in [-0.3, -0.25) is 0 Å². The summed E-state index contributed by atoms with van der Waals surface area (Å²) < 4.78 is 5.40. The molecule has 0 aromatic rings. The van der Waals surface area contributed by atoms with Crippen LogP contribution < -0.4 is 11.1 Å². The lowest BCUT2D eigenvalue weighted by Crippen LogP contribution is -2.45. The van der Waals surface area contributed by atoms with Gasteiger partial charge < -0.3 is 20.9 Å². The van der Waals surface area contributed by atoms with Crippen molar-refractivity contribution >= 4 is 0 Å². The average molecular weight is 258 g/mol. The zero-order chi connectivity index (χ0) is 13.4. The third kappa shape index (κ3) is 6.14. The lowest BCUT2D eigenvalue weighted by Gasteiger charge is -2.32. The number of unbranched alkanes of at least 4 members (excludes halogenated alkanes) is 1. The van der Waals surface area contributed by atoms with Crippen LogP contribution in [-0.2, 0) is 4.74 Å². The van der Waals surface area contributed by atoms with Crippen molar-refractivity contribution in [3.8, 4) is 0 Å². The van der Waals surface area contributed by atoms with Crippen molar-refractivity contribution in [2.24, 2.45) is 11.7 Å². The Morgan fingerprint density at radius 3 is 2.89 bits per heavy atom. The first kappa shape index (κ1) is 15.9. The molecule has 4 heteroatoms. The molecule has 0 aromatic heterocycles. The van der Waals surface area contributed by atoms with Crippen LogP contribution in [0.3, 0.4) is 0 Å². The molecule has 18 heavy (non-hydrogen) atoms. The molecule has 0 aromatic carbocycles. The monoisotopic (exact) mass is 258 g/mol. The fraction of sp³-hybridized carbons (Fsp3) is 1.00. The van der Waals surface area contributed by atoms with E-state index in [0.717, 1.165) is 32.3 Å². The standard InChI is InChI=1S/C14H30N2O2/c1-3-4-7-18-10-13(17)9-16-12-6-5-11(2)14(15)8-12/h11-14,16-17H,3-10,15H2,1-2H3. The molecule has 1 saturated carbocycles. The van der Waals surface area contributed by atoms with Gasteiger partial charge in [0.1, 0.15) is 0 Å². The zero-order valence-corrected chi connectivity index (χ0v) is 11.9. The number of nitrogens with one attached hydrogen (secondary N) is 1. The molecular weight excluding hydrogens is 228 g/mol. The lowest BCUT2D eigenvalue weighted by atomic mass is 9.83. The van der Waals surface area contributed by atoms with E-state index < -0.39 is 6.10 Å². The van der Waals surface area contributed by atoms with E-state index >= 15 is 0 Å². The highest BCUT2D eigenvalue weighted by Gasteiger charge is 2.24. The van der Waals surface area contributed by atoms with Crippen LogP contribution in [0.1, 0.15) is 46.0 Å². The molecule has 4 N–H and O–H groups in total. The molecule has 0 aliphatic heterocycles. The number of hydrogen-bond donors (Lipinski definition) is 3. The van der Waals surface area contributed by atoms with Gasteiger partial charge in [-0.1, -0.05) is 20.3 Å². The Kier molecular flexibility index (Phi) is 7.82. The molecular formula is C14H30N2O2. The molecule has 0 radical (unpaired) electrons. The summed E-state index contributed by atoms with van der Waals surface area (Å²) in [6.45, 7) is 6.14. The third-order valence-electron chi connectivity index (χ3n) is 3.85. The summed E-state index contributed by atoms with van der Waals surface area (Å²) in [6.07, 6.45) is 5.16. The van der Waals surface area contributed by atoms with Crippen molar-refractivity contribution in [3.63, 3.8) is 0 Å². The summed E-state index contributed by atoms with van der Waals surface area (Å²) >= 11 is 0. The smallest absolute Gasteiger partial charge is 0.0897 e. The minimum atomic E-state index is -0.405. The van der Waals surface area contributed by atoms with Crippen LogP contribution in [0.25, 0.3) is 0 Å². The van der Waals surface area contributed by atoms with E-state index in [1.807, 2.05) is 0 Å².